The van der Waals surface area contributed by atoms with E-state index in [-0.39, 0.29) is 16.9 Å². The number of hydrogen-bond acceptors (Lipinski definition) is 7. The fourth-order valence-corrected chi connectivity index (χ4v) is 3.20. The Morgan fingerprint density at radius 1 is 1.08 bits per heavy atom. The van der Waals surface area contributed by atoms with Crippen molar-refractivity contribution in [3.8, 4) is 5.75 Å². The molecule has 140 valence electrons. The number of nitrogens with zero attached hydrogens (tertiary/aromatic N) is 1. The van der Waals surface area contributed by atoms with Crippen molar-refractivity contribution in [2.75, 3.05) is 14.2 Å². The zero-order valence-corrected chi connectivity index (χ0v) is 15.8. The second-order valence-corrected chi connectivity index (χ2v) is 7.67. The molecule has 0 aliphatic carbocycles. The van der Waals surface area contributed by atoms with Crippen LogP contribution in [0.5, 0.6) is 5.75 Å². The first-order valence-corrected chi connectivity index (χ1v) is 8.93. The van der Waals surface area contributed by atoms with E-state index in [1.54, 1.807) is 18.2 Å². The predicted molar refractivity (Wildman–Crippen MR) is 94.1 cm³/mol. The summed E-state index contributed by atoms with van der Waals surface area (Å²) in [6, 6.07) is 4.97. The van der Waals surface area contributed by atoms with Crippen LogP contribution < -0.4 is 4.18 Å². The van der Waals surface area contributed by atoms with Gasteiger partial charge < -0.3 is 13.7 Å². The maximum atomic E-state index is 12.4. The monoisotopic (exact) mass is 381 g/mol. The lowest BCUT2D eigenvalue weighted by molar-refractivity contribution is -0.137. The van der Waals surface area contributed by atoms with E-state index in [9.17, 15) is 18.0 Å². The molecule has 2 rings (SSSR count). The van der Waals surface area contributed by atoms with E-state index in [2.05, 4.69) is 13.9 Å². The summed E-state index contributed by atoms with van der Waals surface area (Å²) in [7, 11) is -2.43. The van der Waals surface area contributed by atoms with E-state index < -0.39 is 33.4 Å². The third kappa shape index (κ3) is 3.93. The zero-order valence-electron chi connectivity index (χ0n) is 15.0. The summed E-state index contributed by atoms with van der Waals surface area (Å²) in [4.78, 5) is 24.1. The van der Waals surface area contributed by atoms with Gasteiger partial charge in [0.25, 0.3) is 0 Å². The van der Waals surface area contributed by atoms with Crippen molar-refractivity contribution in [1.29, 1.82) is 0 Å². The smallest absolute Gasteiger partial charge is 0.429 e. The molecule has 0 spiro atoms. The standard InChI is InChI=1S/C17H19NO7S/c1-17(2,3)12-8-6-7-10-9-11(15(19)23-4)13(16(20)24-5)18-26(21,22)25-14(10)12/h6-9H,1-5H3/b11-9+,18-13+. The van der Waals surface area contributed by atoms with Crippen molar-refractivity contribution >= 4 is 34.0 Å². The van der Waals surface area contributed by atoms with Crippen LogP contribution in [0.1, 0.15) is 31.9 Å². The van der Waals surface area contributed by atoms with Gasteiger partial charge in [-0.2, -0.15) is 8.42 Å². The highest BCUT2D eigenvalue weighted by Crippen LogP contribution is 2.37. The third-order valence-electron chi connectivity index (χ3n) is 3.58. The van der Waals surface area contributed by atoms with E-state index in [1.165, 1.54) is 6.08 Å². The number of ether oxygens (including phenoxy) is 2. The molecule has 1 aliphatic heterocycles. The Labute approximate surface area is 151 Å². The molecule has 26 heavy (non-hydrogen) atoms. The largest absolute Gasteiger partial charge is 0.465 e. The number of rotatable bonds is 2. The molecular formula is C17H19NO7S. The Morgan fingerprint density at radius 2 is 1.69 bits per heavy atom. The summed E-state index contributed by atoms with van der Waals surface area (Å²) >= 11 is 0. The Hall–Kier alpha value is -2.68. The highest BCUT2D eigenvalue weighted by atomic mass is 32.2. The second-order valence-electron chi connectivity index (χ2n) is 6.47. The van der Waals surface area contributed by atoms with E-state index in [4.69, 9.17) is 4.18 Å². The van der Waals surface area contributed by atoms with Crippen LogP contribution in [-0.2, 0) is 34.8 Å². The summed E-state index contributed by atoms with van der Waals surface area (Å²) in [5.41, 5.74) is -0.632. The summed E-state index contributed by atoms with van der Waals surface area (Å²) in [6.45, 7) is 5.64. The third-order valence-corrected chi connectivity index (χ3v) is 4.37. The molecule has 1 aromatic carbocycles. The van der Waals surface area contributed by atoms with Crippen molar-refractivity contribution in [2.45, 2.75) is 26.2 Å². The number of hydrogen-bond donors (Lipinski definition) is 0. The topological polar surface area (TPSA) is 108 Å². The normalized spacial score (nSPS) is 20.0. The van der Waals surface area contributed by atoms with Crippen molar-refractivity contribution in [1.82, 2.24) is 0 Å². The maximum absolute atomic E-state index is 12.4. The van der Waals surface area contributed by atoms with Gasteiger partial charge in [0.1, 0.15) is 0 Å². The average Bonchev–Trinajstić information content (AvgIpc) is 2.55. The van der Waals surface area contributed by atoms with Gasteiger partial charge >= 0.3 is 22.2 Å². The molecule has 0 N–H and O–H groups in total. The van der Waals surface area contributed by atoms with Gasteiger partial charge in [0, 0.05) is 11.1 Å². The Kier molecular flexibility index (Phi) is 5.22. The molecule has 1 aromatic rings. The Bertz CT molecular complexity index is 921. The fourth-order valence-electron chi connectivity index (χ4n) is 2.37. The number of para-hydroxylation sites is 1. The summed E-state index contributed by atoms with van der Waals surface area (Å²) in [5, 5.41) is 0. The lowest BCUT2D eigenvalue weighted by atomic mass is 9.85. The van der Waals surface area contributed by atoms with Crippen LogP contribution in [0, 0.1) is 0 Å². The van der Waals surface area contributed by atoms with Crippen LogP contribution in [0.25, 0.3) is 6.08 Å². The van der Waals surface area contributed by atoms with Crippen LogP contribution in [0.3, 0.4) is 0 Å². The summed E-state index contributed by atoms with van der Waals surface area (Å²) in [6.07, 6.45) is 1.29. The highest BCUT2D eigenvalue weighted by molar-refractivity contribution is 7.86. The molecule has 1 aliphatic rings. The molecule has 0 unspecified atom stereocenters. The van der Waals surface area contributed by atoms with E-state index >= 15 is 0 Å². The minimum atomic E-state index is -4.58. The van der Waals surface area contributed by atoms with Crippen molar-refractivity contribution < 1.29 is 31.7 Å². The molecule has 0 amide bonds. The average molecular weight is 381 g/mol. The van der Waals surface area contributed by atoms with Crippen LogP contribution in [0.15, 0.2) is 28.2 Å². The minimum Gasteiger partial charge on any atom is -0.465 e. The number of esters is 2. The number of carbonyl (C=O) groups excluding carboxylic acids is 2. The molecular weight excluding hydrogens is 362 g/mol. The SMILES string of the molecule is COC(=O)C1=C/c2cccc(C(C)(C)C)c2OS(=O)(=O)/N=C\1C(=O)OC. The summed E-state index contributed by atoms with van der Waals surface area (Å²) in [5.74, 6) is -2.00. The van der Waals surface area contributed by atoms with Crippen LogP contribution >= 0.6 is 0 Å². The van der Waals surface area contributed by atoms with Crippen LogP contribution in [0.2, 0.25) is 0 Å². The molecule has 0 atom stereocenters. The fraction of sp³-hybridized carbons (Fsp3) is 0.353. The van der Waals surface area contributed by atoms with Gasteiger partial charge in [-0.25, -0.2) is 9.59 Å². The molecule has 1 heterocycles. The van der Waals surface area contributed by atoms with Gasteiger partial charge in [-0.3, -0.25) is 0 Å². The van der Waals surface area contributed by atoms with Gasteiger partial charge in [-0.1, -0.05) is 39.0 Å². The number of methoxy groups -OCH3 is 2. The molecule has 0 saturated heterocycles. The minimum absolute atomic E-state index is 0.0362. The quantitative estimate of drug-likeness (QED) is 0.719. The lowest BCUT2D eigenvalue weighted by Gasteiger charge is -2.24. The highest BCUT2D eigenvalue weighted by Gasteiger charge is 2.32. The van der Waals surface area contributed by atoms with Gasteiger partial charge in [0.2, 0.25) is 0 Å². The van der Waals surface area contributed by atoms with Crippen LogP contribution in [0.4, 0.5) is 0 Å². The van der Waals surface area contributed by atoms with E-state index in [1.807, 2.05) is 20.8 Å². The van der Waals surface area contributed by atoms with Crippen molar-refractivity contribution in [3.63, 3.8) is 0 Å². The zero-order chi connectivity index (χ0) is 19.7. The summed E-state index contributed by atoms with van der Waals surface area (Å²) < 4.78 is 42.4. The van der Waals surface area contributed by atoms with E-state index in [0.717, 1.165) is 14.2 Å². The van der Waals surface area contributed by atoms with Gasteiger partial charge in [0.05, 0.1) is 19.8 Å². The molecule has 0 saturated carbocycles. The maximum Gasteiger partial charge on any atom is 0.429 e. The van der Waals surface area contributed by atoms with Crippen molar-refractivity contribution in [3.05, 3.63) is 34.9 Å². The number of carbonyl (C=O) groups is 2. The molecule has 0 bridgehead atoms. The number of benzene rings is 1. The molecule has 0 fully saturated rings. The van der Waals surface area contributed by atoms with Crippen molar-refractivity contribution in [2.24, 2.45) is 4.40 Å². The van der Waals surface area contributed by atoms with Gasteiger partial charge in [0.15, 0.2) is 11.5 Å². The van der Waals surface area contributed by atoms with Crippen LogP contribution in [-0.4, -0.2) is 40.3 Å². The molecule has 0 aromatic heterocycles. The second kappa shape index (κ2) is 6.91. The first-order chi connectivity index (χ1) is 12.0. The Morgan fingerprint density at radius 3 is 2.23 bits per heavy atom. The first kappa shape index (κ1) is 19.6. The molecule has 8 nitrogen and oxygen atoms in total. The molecule has 0 radical (unpaired) electrons. The molecule has 9 heteroatoms. The predicted octanol–water partition coefficient (Wildman–Crippen LogP) is 1.79. The lowest BCUT2D eigenvalue weighted by Crippen LogP contribution is -2.27. The van der Waals surface area contributed by atoms with E-state index in [0.29, 0.717) is 5.56 Å². The number of fused-ring (bicyclic) bond motifs is 1. The van der Waals surface area contributed by atoms with Gasteiger partial charge in [-0.05, 0) is 11.5 Å². The first-order valence-electron chi connectivity index (χ1n) is 7.56. The van der Waals surface area contributed by atoms with Gasteiger partial charge in [-0.15, -0.1) is 4.40 Å². The Balaban J connectivity index is 2.88.